The highest BCUT2D eigenvalue weighted by atomic mass is 16.5. The molecule has 0 aliphatic heterocycles. The molecular formula is C20H26N2O3. The lowest BCUT2D eigenvalue weighted by molar-refractivity contribution is 0.197. The minimum absolute atomic E-state index is 0.0841. The fourth-order valence-electron chi connectivity index (χ4n) is 2.52. The predicted molar refractivity (Wildman–Crippen MR) is 98.9 cm³/mol. The van der Waals surface area contributed by atoms with Gasteiger partial charge in [0.25, 0.3) is 0 Å². The van der Waals surface area contributed by atoms with Crippen LogP contribution in [0.3, 0.4) is 0 Å². The molecule has 134 valence electrons. The van der Waals surface area contributed by atoms with Crippen LogP contribution >= 0.6 is 0 Å². The third kappa shape index (κ3) is 5.41. The van der Waals surface area contributed by atoms with Crippen molar-refractivity contribution in [2.24, 2.45) is 0 Å². The van der Waals surface area contributed by atoms with E-state index in [9.17, 15) is 4.79 Å². The Kier molecular flexibility index (Phi) is 7.14. The SMILES string of the molecule is CCOc1ccc(CN(CC)C(=O)NCc2ccccc2)cc1OC. The zero-order valence-corrected chi connectivity index (χ0v) is 15.1. The molecule has 0 radical (unpaired) electrons. The van der Waals surface area contributed by atoms with E-state index in [0.29, 0.717) is 37.7 Å². The summed E-state index contributed by atoms with van der Waals surface area (Å²) in [6.45, 7) is 6.13. The quantitative estimate of drug-likeness (QED) is 0.793. The van der Waals surface area contributed by atoms with Crippen molar-refractivity contribution < 1.29 is 14.3 Å². The van der Waals surface area contributed by atoms with Crippen molar-refractivity contribution >= 4 is 6.03 Å². The number of nitrogens with zero attached hydrogens (tertiary/aromatic N) is 1. The van der Waals surface area contributed by atoms with Gasteiger partial charge in [0, 0.05) is 19.6 Å². The van der Waals surface area contributed by atoms with Gasteiger partial charge in [-0.3, -0.25) is 0 Å². The van der Waals surface area contributed by atoms with Crippen LogP contribution < -0.4 is 14.8 Å². The van der Waals surface area contributed by atoms with E-state index < -0.39 is 0 Å². The van der Waals surface area contributed by atoms with Gasteiger partial charge in [0.2, 0.25) is 0 Å². The van der Waals surface area contributed by atoms with Crippen LogP contribution in [0.5, 0.6) is 11.5 Å². The van der Waals surface area contributed by atoms with Gasteiger partial charge >= 0.3 is 6.03 Å². The smallest absolute Gasteiger partial charge is 0.317 e. The van der Waals surface area contributed by atoms with E-state index in [1.807, 2.05) is 62.4 Å². The third-order valence-electron chi connectivity index (χ3n) is 3.86. The van der Waals surface area contributed by atoms with Crippen LogP contribution in [0.2, 0.25) is 0 Å². The van der Waals surface area contributed by atoms with Gasteiger partial charge in [-0.2, -0.15) is 0 Å². The maximum atomic E-state index is 12.4. The highest BCUT2D eigenvalue weighted by Crippen LogP contribution is 2.28. The van der Waals surface area contributed by atoms with E-state index in [1.165, 1.54) is 0 Å². The van der Waals surface area contributed by atoms with Crippen molar-refractivity contribution in [1.29, 1.82) is 0 Å². The van der Waals surface area contributed by atoms with Crippen LogP contribution in [-0.4, -0.2) is 31.2 Å². The number of nitrogens with one attached hydrogen (secondary N) is 1. The molecule has 0 fully saturated rings. The summed E-state index contributed by atoms with van der Waals surface area (Å²) < 4.78 is 10.9. The zero-order valence-electron chi connectivity index (χ0n) is 15.1. The second kappa shape index (κ2) is 9.57. The number of amides is 2. The van der Waals surface area contributed by atoms with Gasteiger partial charge in [-0.25, -0.2) is 4.79 Å². The summed E-state index contributed by atoms with van der Waals surface area (Å²) in [5.74, 6) is 1.39. The number of methoxy groups -OCH3 is 1. The topological polar surface area (TPSA) is 50.8 Å². The first-order valence-electron chi connectivity index (χ1n) is 8.54. The minimum Gasteiger partial charge on any atom is -0.493 e. The molecule has 2 aromatic rings. The van der Waals surface area contributed by atoms with Crippen LogP contribution in [0, 0.1) is 0 Å². The maximum absolute atomic E-state index is 12.4. The second-order valence-corrected chi connectivity index (χ2v) is 5.58. The van der Waals surface area contributed by atoms with E-state index in [-0.39, 0.29) is 6.03 Å². The van der Waals surface area contributed by atoms with Crippen molar-refractivity contribution in [3.8, 4) is 11.5 Å². The Morgan fingerprint density at radius 3 is 2.44 bits per heavy atom. The number of hydrogen-bond donors (Lipinski definition) is 1. The Hall–Kier alpha value is -2.69. The number of benzene rings is 2. The Bertz CT molecular complexity index is 674. The number of rotatable bonds is 8. The van der Waals surface area contributed by atoms with Gasteiger partial charge in [0.05, 0.1) is 13.7 Å². The molecule has 0 spiro atoms. The first kappa shape index (κ1) is 18.6. The monoisotopic (exact) mass is 342 g/mol. The summed E-state index contributed by atoms with van der Waals surface area (Å²) in [7, 11) is 1.62. The molecule has 0 bridgehead atoms. The summed E-state index contributed by atoms with van der Waals surface area (Å²) in [5.41, 5.74) is 2.08. The van der Waals surface area contributed by atoms with Crippen molar-refractivity contribution in [3.05, 3.63) is 59.7 Å². The van der Waals surface area contributed by atoms with Crippen molar-refractivity contribution in [3.63, 3.8) is 0 Å². The molecule has 0 saturated carbocycles. The highest BCUT2D eigenvalue weighted by Gasteiger charge is 2.13. The van der Waals surface area contributed by atoms with Crippen LogP contribution in [0.15, 0.2) is 48.5 Å². The maximum Gasteiger partial charge on any atom is 0.317 e. The van der Waals surface area contributed by atoms with E-state index >= 15 is 0 Å². The van der Waals surface area contributed by atoms with Crippen LogP contribution in [0.1, 0.15) is 25.0 Å². The summed E-state index contributed by atoms with van der Waals surface area (Å²) in [5, 5.41) is 2.96. The van der Waals surface area contributed by atoms with Gasteiger partial charge < -0.3 is 19.7 Å². The van der Waals surface area contributed by atoms with Crippen LogP contribution in [0.4, 0.5) is 4.79 Å². The average molecular weight is 342 g/mol. The number of hydrogen-bond acceptors (Lipinski definition) is 3. The molecule has 0 unspecified atom stereocenters. The molecule has 0 atom stereocenters. The molecule has 5 heteroatoms. The zero-order chi connectivity index (χ0) is 18.1. The van der Waals surface area contributed by atoms with Crippen LogP contribution in [-0.2, 0) is 13.1 Å². The normalized spacial score (nSPS) is 10.2. The molecule has 25 heavy (non-hydrogen) atoms. The lowest BCUT2D eigenvalue weighted by Crippen LogP contribution is -2.39. The van der Waals surface area contributed by atoms with Gasteiger partial charge in [-0.1, -0.05) is 36.4 Å². The molecule has 0 saturated heterocycles. The Labute approximate surface area is 149 Å². The molecule has 0 aliphatic rings. The number of urea groups is 1. The summed E-state index contributed by atoms with van der Waals surface area (Å²) in [4.78, 5) is 14.2. The summed E-state index contributed by atoms with van der Waals surface area (Å²) in [6, 6.07) is 15.5. The molecule has 0 heterocycles. The van der Waals surface area contributed by atoms with Crippen molar-refractivity contribution in [1.82, 2.24) is 10.2 Å². The van der Waals surface area contributed by atoms with Crippen molar-refractivity contribution in [2.75, 3.05) is 20.3 Å². The van der Waals surface area contributed by atoms with Gasteiger partial charge in [-0.15, -0.1) is 0 Å². The van der Waals surface area contributed by atoms with Gasteiger partial charge in [-0.05, 0) is 37.1 Å². The number of carbonyl (C=O) groups is 1. The van der Waals surface area contributed by atoms with Crippen LogP contribution in [0.25, 0.3) is 0 Å². The minimum atomic E-state index is -0.0841. The molecule has 0 aliphatic carbocycles. The summed E-state index contributed by atoms with van der Waals surface area (Å²) in [6.07, 6.45) is 0. The molecule has 2 rings (SSSR count). The molecule has 1 N–H and O–H groups in total. The van der Waals surface area contributed by atoms with Gasteiger partial charge in [0.1, 0.15) is 0 Å². The average Bonchev–Trinajstić information content (AvgIpc) is 2.66. The summed E-state index contributed by atoms with van der Waals surface area (Å²) >= 11 is 0. The number of ether oxygens (including phenoxy) is 2. The molecule has 0 aromatic heterocycles. The first-order chi connectivity index (χ1) is 12.2. The van der Waals surface area contributed by atoms with Crippen molar-refractivity contribution in [2.45, 2.75) is 26.9 Å². The standard InChI is InChI=1S/C20H26N2O3/c1-4-22(20(23)21-14-16-9-7-6-8-10-16)15-17-11-12-18(25-5-2)19(13-17)24-3/h6-13H,4-5,14-15H2,1-3H3,(H,21,23). The lowest BCUT2D eigenvalue weighted by Gasteiger charge is -2.22. The number of carbonyl (C=O) groups excluding carboxylic acids is 1. The van der Waals surface area contributed by atoms with E-state index in [1.54, 1.807) is 12.0 Å². The lowest BCUT2D eigenvalue weighted by atomic mass is 10.2. The van der Waals surface area contributed by atoms with E-state index in [4.69, 9.17) is 9.47 Å². The third-order valence-corrected chi connectivity index (χ3v) is 3.86. The van der Waals surface area contributed by atoms with Gasteiger partial charge in [0.15, 0.2) is 11.5 Å². The van der Waals surface area contributed by atoms with E-state index in [2.05, 4.69) is 5.32 Å². The first-order valence-corrected chi connectivity index (χ1v) is 8.54. The molecule has 5 nitrogen and oxygen atoms in total. The molecule has 2 aromatic carbocycles. The Morgan fingerprint density at radius 2 is 1.80 bits per heavy atom. The van der Waals surface area contributed by atoms with E-state index in [0.717, 1.165) is 11.1 Å². The predicted octanol–water partition coefficient (Wildman–Crippen LogP) is 3.83. The second-order valence-electron chi connectivity index (χ2n) is 5.58. The fraction of sp³-hybridized carbons (Fsp3) is 0.350. The Morgan fingerprint density at radius 1 is 1.04 bits per heavy atom. The fourth-order valence-corrected chi connectivity index (χ4v) is 2.52. The molecule has 2 amide bonds. The highest BCUT2D eigenvalue weighted by molar-refractivity contribution is 5.74. The molecular weight excluding hydrogens is 316 g/mol. The largest absolute Gasteiger partial charge is 0.493 e. The Balaban J connectivity index is 1.99.